The number of fused-ring (bicyclic) bond motifs is 1. The van der Waals surface area contributed by atoms with Gasteiger partial charge in [-0.15, -0.1) is 24.8 Å². The second kappa shape index (κ2) is 13.7. The molecule has 2 atom stereocenters. The van der Waals surface area contributed by atoms with Crippen molar-refractivity contribution >= 4 is 36.5 Å². The van der Waals surface area contributed by atoms with Crippen molar-refractivity contribution < 1.29 is 19.4 Å². The molecule has 1 saturated heterocycles. The molecule has 3 heterocycles. The molecule has 4 rings (SSSR count). The molecule has 8 nitrogen and oxygen atoms in total. The van der Waals surface area contributed by atoms with Crippen LogP contribution in [0.4, 0.5) is 5.82 Å². The molecule has 0 aliphatic carbocycles. The third-order valence-corrected chi connectivity index (χ3v) is 5.97. The van der Waals surface area contributed by atoms with Crippen LogP contribution in [0.15, 0.2) is 36.4 Å². The van der Waals surface area contributed by atoms with Gasteiger partial charge in [0, 0.05) is 38.8 Å². The van der Waals surface area contributed by atoms with E-state index in [1.54, 1.807) is 6.07 Å². The standard InChI is InChI=1S/C24H32N4O4.2ClH/c1-2-32-24-19(8-9-22(27-24)28-10-5-12-31-13-11-28)23(30)26-16-21(29)20-14-17-6-3-4-7-18(17)15-25-20;;/h3-4,6-9,20-21,25,29H,2,5,10-16H2,1H3,(H,26,30);2*1H. The Balaban J connectivity index is 0.00000204. The summed E-state index contributed by atoms with van der Waals surface area (Å²) in [6.07, 6.45) is 0.964. The monoisotopic (exact) mass is 512 g/mol. The maximum atomic E-state index is 12.9. The number of ether oxygens (including phenoxy) is 2. The summed E-state index contributed by atoms with van der Waals surface area (Å²) >= 11 is 0. The molecular weight excluding hydrogens is 479 g/mol. The van der Waals surface area contributed by atoms with E-state index in [-0.39, 0.29) is 43.3 Å². The third kappa shape index (κ3) is 6.96. The molecule has 188 valence electrons. The normalized spacial score (nSPS) is 18.4. The lowest BCUT2D eigenvalue weighted by molar-refractivity contribution is 0.0866. The van der Waals surface area contributed by atoms with Crippen molar-refractivity contribution in [2.75, 3.05) is 44.4 Å². The number of nitrogens with zero attached hydrogens (tertiary/aromatic N) is 2. The first-order valence-electron chi connectivity index (χ1n) is 11.4. The summed E-state index contributed by atoms with van der Waals surface area (Å²) in [5.74, 6) is 0.787. The molecule has 0 saturated carbocycles. The molecule has 2 unspecified atom stereocenters. The summed E-state index contributed by atoms with van der Waals surface area (Å²) in [5.41, 5.74) is 2.86. The predicted molar refractivity (Wildman–Crippen MR) is 137 cm³/mol. The van der Waals surface area contributed by atoms with Gasteiger partial charge in [-0.1, -0.05) is 24.3 Å². The van der Waals surface area contributed by atoms with Crippen molar-refractivity contribution in [1.29, 1.82) is 0 Å². The van der Waals surface area contributed by atoms with Gasteiger partial charge in [0.05, 0.1) is 19.3 Å². The van der Waals surface area contributed by atoms with E-state index in [0.717, 1.165) is 38.4 Å². The highest BCUT2D eigenvalue weighted by atomic mass is 35.5. The predicted octanol–water partition coefficient (Wildman–Crippen LogP) is 2.36. The van der Waals surface area contributed by atoms with E-state index in [4.69, 9.17) is 9.47 Å². The highest BCUT2D eigenvalue weighted by molar-refractivity contribution is 5.96. The van der Waals surface area contributed by atoms with E-state index in [1.165, 1.54) is 11.1 Å². The summed E-state index contributed by atoms with van der Waals surface area (Å²) < 4.78 is 11.2. The fraction of sp³-hybridized carbons (Fsp3) is 0.500. The highest BCUT2D eigenvalue weighted by Gasteiger charge is 2.25. The lowest BCUT2D eigenvalue weighted by Crippen LogP contribution is -2.49. The van der Waals surface area contributed by atoms with Crippen LogP contribution in [0.5, 0.6) is 5.88 Å². The Morgan fingerprint density at radius 1 is 1.24 bits per heavy atom. The smallest absolute Gasteiger partial charge is 0.256 e. The number of hydrogen-bond acceptors (Lipinski definition) is 7. The molecule has 34 heavy (non-hydrogen) atoms. The number of hydrogen-bond donors (Lipinski definition) is 3. The summed E-state index contributed by atoms with van der Waals surface area (Å²) in [7, 11) is 0. The lowest BCUT2D eigenvalue weighted by atomic mass is 9.93. The Kier molecular flexibility index (Phi) is 11.3. The molecule has 10 heteroatoms. The van der Waals surface area contributed by atoms with Crippen molar-refractivity contribution in [3.8, 4) is 5.88 Å². The Morgan fingerprint density at radius 3 is 2.82 bits per heavy atom. The highest BCUT2D eigenvalue weighted by Crippen LogP contribution is 2.23. The van der Waals surface area contributed by atoms with Crippen molar-refractivity contribution in [3.63, 3.8) is 0 Å². The minimum atomic E-state index is -0.702. The van der Waals surface area contributed by atoms with Gasteiger partial charge in [-0.05, 0) is 43.0 Å². The van der Waals surface area contributed by atoms with E-state index in [0.29, 0.717) is 31.2 Å². The molecule has 0 spiro atoms. The van der Waals surface area contributed by atoms with Gasteiger partial charge >= 0.3 is 0 Å². The molecule has 2 aliphatic heterocycles. The molecular formula is C24H34Cl2N4O4. The number of carbonyl (C=O) groups excluding carboxylic acids is 1. The summed E-state index contributed by atoms with van der Waals surface area (Å²) in [6.45, 7) is 6.16. The van der Waals surface area contributed by atoms with Crippen LogP contribution in [-0.2, 0) is 17.7 Å². The van der Waals surface area contributed by atoms with E-state index in [9.17, 15) is 9.90 Å². The number of pyridine rings is 1. The van der Waals surface area contributed by atoms with E-state index < -0.39 is 6.10 Å². The second-order valence-corrected chi connectivity index (χ2v) is 8.15. The molecule has 0 bridgehead atoms. The first-order chi connectivity index (χ1) is 15.7. The largest absolute Gasteiger partial charge is 0.477 e. The summed E-state index contributed by atoms with van der Waals surface area (Å²) in [6, 6.07) is 11.7. The van der Waals surface area contributed by atoms with Crippen LogP contribution in [0, 0.1) is 0 Å². The van der Waals surface area contributed by atoms with Gasteiger partial charge in [0.15, 0.2) is 0 Å². The minimum Gasteiger partial charge on any atom is -0.477 e. The van der Waals surface area contributed by atoms with Crippen LogP contribution in [0.25, 0.3) is 0 Å². The number of benzene rings is 1. The average Bonchev–Trinajstić information content (AvgIpc) is 3.12. The average molecular weight is 513 g/mol. The minimum absolute atomic E-state index is 0. The molecule has 0 radical (unpaired) electrons. The molecule has 3 N–H and O–H groups in total. The van der Waals surface area contributed by atoms with Crippen LogP contribution >= 0.6 is 24.8 Å². The Labute approximate surface area is 213 Å². The number of amides is 1. The number of nitrogens with one attached hydrogen (secondary N) is 2. The fourth-order valence-corrected chi connectivity index (χ4v) is 4.19. The number of aromatic nitrogens is 1. The number of aliphatic hydroxyl groups excluding tert-OH is 1. The molecule has 1 amide bonds. The van der Waals surface area contributed by atoms with Gasteiger partial charge in [-0.25, -0.2) is 0 Å². The SMILES string of the molecule is CCOc1nc(N2CCCOCC2)ccc1C(=O)NCC(O)C1Cc2ccccc2CN1.Cl.Cl. The molecule has 2 aliphatic rings. The third-order valence-electron chi connectivity index (χ3n) is 5.97. The number of halogens is 2. The first kappa shape index (κ1) is 28.1. The topological polar surface area (TPSA) is 96.0 Å². The zero-order chi connectivity index (χ0) is 22.3. The van der Waals surface area contributed by atoms with Gasteiger partial charge < -0.3 is 30.1 Å². The van der Waals surface area contributed by atoms with Crippen LogP contribution < -0.4 is 20.3 Å². The van der Waals surface area contributed by atoms with Crippen LogP contribution in [-0.4, -0.2) is 67.6 Å². The quantitative estimate of drug-likeness (QED) is 0.523. The van der Waals surface area contributed by atoms with Crippen LogP contribution in [0.3, 0.4) is 0 Å². The lowest BCUT2D eigenvalue weighted by Gasteiger charge is -2.30. The van der Waals surface area contributed by atoms with Crippen molar-refractivity contribution in [3.05, 3.63) is 53.1 Å². The van der Waals surface area contributed by atoms with E-state index >= 15 is 0 Å². The number of rotatable bonds is 7. The zero-order valence-electron chi connectivity index (χ0n) is 19.4. The Morgan fingerprint density at radius 2 is 2.03 bits per heavy atom. The zero-order valence-corrected chi connectivity index (χ0v) is 21.0. The van der Waals surface area contributed by atoms with Crippen LogP contribution in [0.2, 0.25) is 0 Å². The summed E-state index contributed by atoms with van der Waals surface area (Å²) in [5, 5.41) is 16.9. The van der Waals surface area contributed by atoms with Crippen LogP contribution in [0.1, 0.15) is 34.8 Å². The number of carbonyl (C=O) groups is 1. The number of aliphatic hydroxyl groups is 1. The summed E-state index contributed by atoms with van der Waals surface area (Å²) in [4.78, 5) is 19.6. The molecule has 1 fully saturated rings. The van der Waals surface area contributed by atoms with Gasteiger partial charge in [-0.2, -0.15) is 4.98 Å². The number of anilines is 1. The second-order valence-electron chi connectivity index (χ2n) is 8.15. The van der Waals surface area contributed by atoms with Gasteiger partial charge in [0.1, 0.15) is 11.4 Å². The Bertz CT molecular complexity index is 926. The maximum Gasteiger partial charge on any atom is 0.256 e. The first-order valence-corrected chi connectivity index (χ1v) is 11.4. The van der Waals surface area contributed by atoms with Gasteiger partial charge in [0.25, 0.3) is 5.91 Å². The van der Waals surface area contributed by atoms with Gasteiger partial charge in [0.2, 0.25) is 5.88 Å². The van der Waals surface area contributed by atoms with Gasteiger partial charge in [-0.3, -0.25) is 4.79 Å². The van der Waals surface area contributed by atoms with Crippen molar-refractivity contribution in [1.82, 2.24) is 15.6 Å². The van der Waals surface area contributed by atoms with Crippen molar-refractivity contribution in [2.45, 2.75) is 38.5 Å². The molecule has 2 aromatic rings. The maximum absolute atomic E-state index is 12.9. The molecule has 1 aromatic carbocycles. The molecule has 1 aromatic heterocycles. The van der Waals surface area contributed by atoms with E-state index in [1.807, 2.05) is 25.1 Å². The van der Waals surface area contributed by atoms with Crippen molar-refractivity contribution in [2.24, 2.45) is 0 Å². The fourth-order valence-electron chi connectivity index (χ4n) is 4.19. The van der Waals surface area contributed by atoms with E-state index in [2.05, 4.69) is 32.7 Å². The Hall–Kier alpha value is -2.10.